The Balaban J connectivity index is 2.16. The summed E-state index contributed by atoms with van der Waals surface area (Å²) in [4.78, 5) is 21.7. The first-order valence-corrected chi connectivity index (χ1v) is 5.32. The predicted octanol–water partition coefficient (Wildman–Crippen LogP) is 2.01. The minimum absolute atomic E-state index is 0.399. The van der Waals surface area contributed by atoms with Gasteiger partial charge in [-0.25, -0.2) is 4.79 Å². The van der Waals surface area contributed by atoms with E-state index in [1.54, 1.807) is 12.1 Å². The van der Waals surface area contributed by atoms with Crippen LogP contribution in [0.3, 0.4) is 0 Å². The number of nitrogens with one attached hydrogen (secondary N) is 1. The van der Waals surface area contributed by atoms with Gasteiger partial charge >= 0.3 is 12.1 Å². The number of amides is 1. The molecule has 0 spiro atoms. The van der Waals surface area contributed by atoms with Gasteiger partial charge in [0.25, 0.3) is 0 Å². The first-order valence-electron chi connectivity index (χ1n) is 5.32. The molecule has 5 nitrogen and oxygen atoms in total. The van der Waals surface area contributed by atoms with E-state index in [0.29, 0.717) is 5.75 Å². The van der Waals surface area contributed by atoms with Crippen LogP contribution in [0.1, 0.15) is 0 Å². The highest BCUT2D eigenvalue weighted by atomic mass is 16.6. The largest absolute Gasteiger partial charge is 0.480 e. The molecule has 18 heavy (non-hydrogen) atoms. The van der Waals surface area contributed by atoms with Gasteiger partial charge in [-0.05, 0) is 11.5 Å². The van der Waals surface area contributed by atoms with E-state index in [0.717, 1.165) is 10.8 Å². The Hall–Kier alpha value is -2.56. The van der Waals surface area contributed by atoms with E-state index in [4.69, 9.17) is 9.84 Å². The molecule has 0 fully saturated rings. The molecule has 1 amide bonds. The molecule has 0 aliphatic rings. The van der Waals surface area contributed by atoms with E-state index in [1.807, 2.05) is 30.3 Å². The van der Waals surface area contributed by atoms with Gasteiger partial charge in [-0.3, -0.25) is 4.79 Å². The lowest BCUT2D eigenvalue weighted by molar-refractivity contribution is -0.135. The van der Waals surface area contributed by atoms with Crippen LogP contribution in [-0.4, -0.2) is 23.7 Å². The van der Waals surface area contributed by atoms with Crippen LogP contribution in [0.15, 0.2) is 42.5 Å². The summed E-state index contributed by atoms with van der Waals surface area (Å²) >= 11 is 0. The monoisotopic (exact) mass is 245 g/mol. The van der Waals surface area contributed by atoms with Gasteiger partial charge in [0.1, 0.15) is 12.3 Å². The van der Waals surface area contributed by atoms with Gasteiger partial charge in [0.05, 0.1) is 0 Å². The first kappa shape index (κ1) is 11.9. The SMILES string of the molecule is O=C(O)CNC(=O)Oc1cccc2ccccc12. The molecule has 0 heterocycles. The molecule has 2 aromatic carbocycles. The van der Waals surface area contributed by atoms with Crippen molar-refractivity contribution >= 4 is 22.8 Å². The molecule has 0 atom stereocenters. The molecular formula is C13H11NO4. The average Bonchev–Trinajstić information content (AvgIpc) is 2.37. The van der Waals surface area contributed by atoms with Gasteiger partial charge in [-0.1, -0.05) is 36.4 Å². The summed E-state index contributed by atoms with van der Waals surface area (Å²) in [6, 6.07) is 12.8. The van der Waals surface area contributed by atoms with Crippen molar-refractivity contribution in [1.82, 2.24) is 5.32 Å². The number of rotatable bonds is 3. The Morgan fingerprint density at radius 3 is 2.61 bits per heavy atom. The average molecular weight is 245 g/mol. The molecule has 0 aliphatic heterocycles. The predicted molar refractivity (Wildman–Crippen MR) is 65.6 cm³/mol. The maximum atomic E-state index is 11.4. The molecule has 0 saturated heterocycles. The summed E-state index contributed by atoms with van der Waals surface area (Å²) in [7, 11) is 0. The molecular weight excluding hydrogens is 234 g/mol. The summed E-state index contributed by atoms with van der Waals surface area (Å²) in [5, 5.41) is 12.3. The minimum atomic E-state index is -1.12. The lowest BCUT2D eigenvalue weighted by Crippen LogP contribution is -2.31. The van der Waals surface area contributed by atoms with Crippen molar-refractivity contribution in [3.8, 4) is 5.75 Å². The molecule has 0 aliphatic carbocycles. The normalized spacial score (nSPS) is 10.0. The van der Waals surface area contributed by atoms with Crippen molar-refractivity contribution in [2.24, 2.45) is 0 Å². The van der Waals surface area contributed by atoms with Crippen LogP contribution in [0, 0.1) is 0 Å². The van der Waals surface area contributed by atoms with Crippen LogP contribution >= 0.6 is 0 Å². The second kappa shape index (κ2) is 5.18. The second-order valence-corrected chi connectivity index (χ2v) is 3.61. The van der Waals surface area contributed by atoms with E-state index < -0.39 is 18.6 Å². The zero-order chi connectivity index (χ0) is 13.0. The summed E-state index contributed by atoms with van der Waals surface area (Å²) in [5.74, 6) is -0.721. The maximum absolute atomic E-state index is 11.4. The number of aliphatic carboxylic acids is 1. The number of carboxylic acids is 1. The fraction of sp³-hybridized carbons (Fsp3) is 0.0769. The van der Waals surface area contributed by atoms with Gasteiger partial charge in [0, 0.05) is 5.39 Å². The maximum Gasteiger partial charge on any atom is 0.413 e. The number of carbonyl (C=O) groups is 2. The topological polar surface area (TPSA) is 75.6 Å². The Kier molecular flexibility index (Phi) is 3.43. The lowest BCUT2D eigenvalue weighted by Gasteiger charge is -2.07. The molecule has 0 bridgehead atoms. The van der Waals surface area contributed by atoms with Crippen LogP contribution in [0.4, 0.5) is 4.79 Å². The zero-order valence-corrected chi connectivity index (χ0v) is 9.42. The zero-order valence-electron chi connectivity index (χ0n) is 9.42. The van der Waals surface area contributed by atoms with Crippen LogP contribution < -0.4 is 10.1 Å². The third kappa shape index (κ3) is 2.76. The van der Waals surface area contributed by atoms with E-state index in [-0.39, 0.29) is 0 Å². The summed E-state index contributed by atoms with van der Waals surface area (Å²) in [6.45, 7) is -0.469. The van der Waals surface area contributed by atoms with E-state index in [2.05, 4.69) is 5.32 Å². The van der Waals surface area contributed by atoms with Crippen LogP contribution in [-0.2, 0) is 4.79 Å². The molecule has 0 saturated carbocycles. The minimum Gasteiger partial charge on any atom is -0.480 e. The number of benzene rings is 2. The Labute approximate surface area is 103 Å². The smallest absolute Gasteiger partial charge is 0.413 e. The fourth-order valence-electron chi connectivity index (χ4n) is 1.57. The quantitative estimate of drug-likeness (QED) is 0.867. The van der Waals surface area contributed by atoms with Crippen molar-refractivity contribution in [3.05, 3.63) is 42.5 Å². The number of hydrogen-bond donors (Lipinski definition) is 2. The van der Waals surface area contributed by atoms with Crippen molar-refractivity contribution in [2.45, 2.75) is 0 Å². The van der Waals surface area contributed by atoms with Gasteiger partial charge in [-0.2, -0.15) is 0 Å². The number of ether oxygens (including phenoxy) is 1. The van der Waals surface area contributed by atoms with Gasteiger partial charge in [0.2, 0.25) is 0 Å². The first-order chi connectivity index (χ1) is 8.66. The summed E-state index contributed by atoms with van der Waals surface area (Å²) in [5.41, 5.74) is 0. The Bertz CT molecular complexity index is 589. The molecule has 5 heteroatoms. The van der Waals surface area contributed by atoms with Crippen molar-refractivity contribution < 1.29 is 19.4 Å². The van der Waals surface area contributed by atoms with Crippen LogP contribution in [0.2, 0.25) is 0 Å². The van der Waals surface area contributed by atoms with Crippen LogP contribution in [0.5, 0.6) is 5.75 Å². The number of carbonyl (C=O) groups excluding carboxylic acids is 1. The second-order valence-electron chi connectivity index (χ2n) is 3.61. The molecule has 2 aromatic rings. The van der Waals surface area contributed by atoms with E-state index in [1.165, 1.54) is 0 Å². The fourth-order valence-corrected chi connectivity index (χ4v) is 1.57. The number of hydrogen-bond acceptors (Lipinski definition) is 3. The van der Waals surface area contributed by atoms with Crippen LogP contribution in [0.25, 0.3) is 10.8 Å². The lowest BCUT2D eigenvalue weighted by atomic mass is 10.1. The molecule has 92 valence electrons. The van der Waals surface area contributed by atoms with E-state index >= 15 is 0 Å². The standard InChI is InChI=1S/C13H11NO4/c15-12(16)8-14-13(17)18-11-7-3-5-9-4-1-2-6-10(9)11/h1-7H,8H2,(H,14,17)(H,15,16). The number of fused-ring (bicyclic) bond motifs is 1. The number of carboxylic acid groups (broad SMARTS) is 1. The molecule has 2 rings (SSSR count). The van der Waals surface area contributed by atoms with Gasteiger partial charge in [0.15, 0.2) is 0 Å². The highest BCUT2D eigenvalue weighted by Gasteiger charge is 2.08. The molecule has 2 N–H and O–H groups in total. The van der Waals surface area contributed by atoms with Gasteiger partial charge in [-0.15, -0.1) is 0 Å². The Morgan fingerprint density at radius 2 is 1.83 bits per heavy atom. The highest BCUT2D eigenvalue weighted by molar-refractivity contribution is 5.90. The van der Waals surface area contributed by atoms with Crippen molar-refractivity contribution in [3.63, 3.8) is 0 Å². The third-order valence-electron chi connectivity index (χ3n) is 2.34. The van der Waals surface area contributed by atoms with Crippen molar-refractivity contribution in [2.75, 3.05) is 6.54 Å². The van der Waals surface area contributed by atoms with E-state index in [9.17, 15) is 9.59 Å². The highest BCUT2D eigenvalue weighted by Crippen LogP contribution is 2.24. The van der Waals surface area contributed by atoms with Crippen molar-refractivity contribution in [1.29, 1.82) is 0 Å². The third-order valence-corrected chi connectivity index (χ3v) is 2.34. The summed E-state index contributed by atoms with van der Waals surface area (Å²) in [6.07, 6.45) is -0.784. The molecule has 0 radical (unpaired) electrons. The van der Waals surface area contributed by atoms with Gasteiger partial charge < -0.3 is 15.2 Å². The molecule has 0 unspecified atom stereocenters. The summed E-state index contributed by atoms with van der Waals surface area (Å²) < 4.78 is 5.06. The Morgan fingerprint density at radius 1 is 1.11 bits per heavy atom. The molecule has 0 aromatic heterocycles.